The van der Waals surface area contributed by atoms with Gasteiger partial charge in [0, 0.05) is 31.2 Å². The van der Waals surface area contributed by atoms with Gasteiger partial charge in [0.15, 0.2) is 0 Å². The fourth-order valence-electron chi connectivity index (χ4n) is 2.58. The summed E-state index contributed by atoms with van der Waals surface area (Å²) in [5.41, 5.74) is 0. The minimum absolute atomic E-state index is 0.515. The molecule has 1 heterocycles. The van der Waals surface area contributed by atoms with Gasteiger partial charge in [-0.3, -0.25) is 4.90 Å². The van der Waals surface area contributed by atoms with Crippen LogP contribution in [-0.4, -0.2) is 42.2 Å². The third-order valence-electron chi connectivity index (χ3n) is 3.30. The van der Waals surface area contributed by atoms with Crippen molar-refractivity contribution in [1.82, 2.24) is 10.2 Å². The molecule has 1 aliphatic carbocycles. The van der Waals surface area contributed by atoms with Crippen LogP contribution in [0.5, 0.6) is 0 Å². The number of hydrogen-bond acceptors (Lipinski definition) is 3. The van der Waals surface area contributed by atoms with E-state index in [2.05, 4.69) is 24.1 Å². The van der Waals surface area contributed by atoms with E-state index in [-0.39, 0.29) is 0 Å². The average molecular weight is 310 g/mol. The molecule has 1 aliphatic heterocycles. The first-order chi connectivity index (χ1) is 6.69. The Balaban J connectivity index is 1.81. The molecule has 2 rings (SSSR count). The summed E-state index contributed by atoms with van der Waals surface area (Å²) in [5, 5.41) is 3.56. The zero-order chi connectivity index (χ0) is 10.1. The maximum atomic E-state index is 5.29. The minimum Gasteiger partial charge on any atom is -0.312 e. The van der Waals surface area contributed by atoms with Crippen molar-refractivity contribution in [2.24, 2.45) is 0 Å². The maximum Gasteiger partial charge on any atom is 0.110 e. The fourth-order valence-corrected chi connectivity index (χ4v) is 2.99. The van der Waals surface area contributed by atoms with E-state index in [1.165, 1.54) is 25.9 Å². The standard InChI is InChI=1S/C10H19IN2O/c1-7-5-13(6-8(2)12-7)9-3-10(4-9)14-11/h7-10,12H,3-6H2,1-2H3/t7-,8+,9?,10?. The van der Waals surface area contributed by atoms with Crippen LogP contribution < -0.4 is 5.32 Å². The lowest BCUT2D eigenvalue weighted by Crippen LogP contribution is -2.60. The maximum absolute atomic E-state index is 5.29. The van der Waals surface area contributed by atoms with Crippen molar-refractivity contribution in [3.05, 3.63) is 0 Å². The molecule has 1 N–H and O–H groups in total. The van der Waals surface area contributed by atoms with E-state index < -0.39 is 0 Å². The second kappa shape index (κ2) is 4.63. The predicted molar refractivity (Wildman–Crippen MR) is 65.5 cm³/mol. The van der Waals surface area contributed by atoms with Crippen LogP contribution in [0.3, 0.4) is 0 Å². The Hall–Kier alpha value is 0.610. The largest absolute Gasteiger partial charge is 0.312 e. The highest BCUT2D eigenvalue weighted by Gasteiger charge is 2.36. The Kier molecular flexibility index (Phi) is 3.68. The third kappa shape index (κ3) is 2.40. The van der Waals surface area contributed by atoms with Gasteiger partial charge in [0.25, 0.3) is 0 Å². The SMILES string of the molecule is C[C@@H]1CN(C2CC(OI)C2)C[C@H](C)N1. The second-order valence-electron chi connectivity index (χ2n) is 4.76. The molecule has 0 bridgehead atoms. The van der Waals surface area contributed by atoms with Crippen LogP contribution in [0.25, 0.3) is 0 Å². The summed E-state index contributed by atoms with van der Waals surface area (Å²) in [6.07, 6.45) is 2.96. The van der Waals surface area contributed by atoms with Crippen LogP contribution in [-0.2, 0) is 3.07 Å². The second-order valence-corrected chi connectivity index (χ2v) is 5.27. The molecule has 2 atom stereocenters. The fraction of sp³-hybridized carbons (Fsp3) is 1.00. The first-order valence-corrected chi connectivity index (χ1v) is 6.34. The van der Waals surface area contributed by atoms with Gasteiger partial charge >= 0.3 is 0 Å². The van der Waals surface area contributed by atoms with Crippen LogP contribution in [0.2, 0.25) is 0 Å². The van der Waals surface area contributed by atoms with E-state index in [0.29, 0.717) is 18.2 Å². The quantitative estimate of drug-likeness (QED) is 0.784. The molecule has 2 fully saturated rings. The zero-order valence-electron chi connectivity index (χ0n) is 8.87. The van der Waals surface area contributed by atoms with Gasteiger partial charge in [-0.15, -0.1) is 0 Å². The Morgan fingerprint density at radius 1 is 1.21 bits per heavy atom. The van der Waals surface area contributed by atoms with Crippen LogP contribution in [0.1, 0.15) is 26.7 Å². The van der Waals surface area contributed by atoms with Crippen LogP contribution >= 0.6 is 23.0 Å². The van der Waals surface area contributed by atoms with Crippen molar-refractivity contribution < 1.29 is 3.07 Å². The molecule has 0 aromatic heterocycles. The minimum atomic E-state index is 0.515. The molecular weight excluding hydrogens is 291 g/mol. The first kappa shape index (κ1) is 11.1. The Morgan fingerprint density at radius 2 is 1.79 bits per heavy atom. The molecule has 4 heteroatoms. The van der Waals surface area contributed by atoms with Gasteiger partial charge in [-0.2, -0.15) is 0 Å². The van der Waals surface area contributed by atoms with E-state index in [1.54, 1.807) is 0 Å². The molecule has 1 saturated carbocycles. The molecule has 0 aromatic rings. The first-order valence-electron chi connectivity index (χ1n) is 5.46. The summed E-state index contributed by atoms with van der Waals surface area (Å²) in [6.45, 7) is 6.94. The molecule has 82 valence electrons. The lowest BCUT2D eigenvalue weighted by molar-refractivity contribution is 0.0165. The van der Waals surface area contributed by atoms with E-state index in [9.17, 15) is 0 Å². The van der Waals surface area contributed by atoms with Gasteiger partial charge in [-0.1, -0.05) is 0 Å². The molecule has 0 aromatic carbocycles. The summed E-state index contributed by atoms with van der Waals surface area (Å²) in [5.74, 6) is 0. The summed E-state index contributed by atoms with van der Waals surface area (Å²) in [6, 6.07) is 2.05. The molecule has 0 radical (unpaired) electrons. The smallest absolute Gasteiger partial charge is 0.110 e. The topological polar surface area (TPSA) is 24.5 Å². The Morgan fingerprint density at radius 3 is 2.29 bits per heavy atom. The zero-order valence-corrected chi connectivity index (χ0v) is 11.0. The van der Waals surface area contributed by atoms with Crippen molar-refractivity contribution in [3.8, 4) is 0 Å². The van der Waals surface area contributed by atoms with Crippen LogP contribution in [0.15, 0.2) is 0 Å². The van der Waals surface area contributed by atoms with Crippen molar-refractivity contribution >= 4 is 23.0 Å². The Labute approximate surface area is 100 Å². The summed E-state index contributed by atoms with van der Waals surface area (Å²) in [4.78, 5) is 2.62. The van der Waals surface area contributed by atoms with Crippen LogP contribution in [0, 0.1) is 0 Å². The van der Waals surface area contributed by atoms with Gasteiger partial charge in [-0.25, -0.2) is 0 Å². The lowest BCUT2D eigenvalue weighted by atomic mass is 9.87. The molecule has 2 aliphatic rings. The van der Waals surface area contributed by atoms with Crippen LogP contribution in [0.4, 0.5) is 0 Å². The molecule has 1 saturated heterocycles. The van der Waals surface area contributed by atoms with Gasteiger partial charge in [0.1, 0.15) is 23.0 Å². The van der Waals surface area contributed by atoms with E-state index >= 15 is 0 Å². The number of rotatable bonds is 2. The number of hydrogen-bond donors (Lipinski definition) is 1. The molecule has 3 nitrogen and oxygen atoms in total. The molecule has 14 heavy (non-hydrogen) atoms. The summed E-state index contributed by atoms with van der Waals surface area (Å²) < 4.78 is 5.29. The van der Waals surface area contributed by atoms with Gasteiger partial charge < -0.3 is 8.38 Å². The highest BCUT2D eigenvalue weighted by atomic mass is 127. The number of piperazine rings is 1. The molecule has 0 spiro atoms. The monoisotopic (exact) mass is 310 g/mol. The third-order valence-corrected chi connectivity index (χ3v) is 4.02. The van der Waals surface area contributed by atoms with E-state index in [0.717, 1.165) is 6.04 Å². The van der Waals surface area contributed by atoms with Gasteiger partial charge in [0.2, 0.25) is 0 Å². The summed E-state index contributed by atoms with van der Waals surface area (Å²) >= 11 is 2.02. The van der Waals surface area contributed by atoms with Crippen molar-refractivity contribution in [2.75, 3.05) is 13.1 Å². The van der Waals surface area contributed by atoms with E-state index in [1.807, 2.05) is 23.0 Å². The normalized spacial score (nSPS) is 44.8. The summed E-state index contributed by atoms with van der Waals surface area (Å²) in [7, 11) is 0. The van der Waals surface area contributed by atoms with E-state index in [4.69, 9.17) is 3.07 Å². The molecule has 0 unspecified atom stereocenters. The van der Waals surface area contributed by atoms with Crippen molar-refractivity contribution in [3.63, 3.8) is 0 Å². The lowest BCUT2D eigenvalue weighted by Gasteiger charge is -2.46. The van der Waals surface area contributed by atoms with Gasteiger partial charge in [0.05, 0.1) is 6.10 Å². The van der Waals surface area contributed by atoms with Gasteiger partial charge in [-0.05, 0) is 26.7 Å². The Bertz CT molecular complexity index is 187. The molecular formula is C10H19IN2O. The average Bonchev–Trinajstić information content (AvgIpc) is 2.00. The van der Waals surface area contributed by atoms with Crippen molar-refractivity contribution in [1.29, 1.82) is 0 Å². The number of halogens is 1. The number of nitrogens with zero attached hydrogens (tertiary/aromatic N) is 1. The predicted octanol–water partition coefficient (Wildman–Crippen LogP) is 1.57. The van der Waals surface area contributed by atoms with Crippen molar-refractivity contribution in [2.45, 2.75) is 50.9 Å². The highest BCUT2D eigenvalue weighted by Crippen LogP contribution is 2.30. The number of nitrogens with one attached hydrogen (secondary N) is 1. The highest BCUT2D eigenvalue weighted by molar-refractivity contribution is 14.1. The molecule has 0 amide bonds.